The summed E-state index contributed by atoms with van der Waals surface area (Å²) < 4.78 is 10.6. The van der Waals surface area contributed by atoms with Crippen molar-refractivity contribution in [2.75, 3.05) is 12.0 Å². The molecule has 1 saturated carbocycles. The first kappa shape index (κ1) is 24.0. The molecule has 7 heteroatoms. The van der Waals surface area contributed by atoms with Crippen molar-refractivity contribution >= 4 is 34.2 Å². The molecule has 0 aliphatic heterocycles. The Morgan fingerprint density at radius 3 is 2.41 bits per heavy atom. The molecule has 1 aliphatic carbocycles. The van der Waals surface area contributed by atoms with E-state index in [-0.39, 0.29) is 17.9 Å². The van der Waals surface area contributed by atoms with Crippen LogP contribution in [0.2, 0.25) is 0 Å². The first-order valence-corrected chi connectivity index (χ1v) is 11.8. The molecule has 32 heavy (non-hydrogen) atoms. The van der Waals surface area contributed by atoms with Crippen LogP contribution in [0.15, 0.2) is 36.4 Å². The number of ether oxygens (including phenoxy) is 2. The molecular weight excluding hydrogens is 426 g/mol. The fourth-order valence-corrected chi connectivity index (χ4v) is 5.57. The first-order valence-electron chi connectivity index (χ1n) is 11.0. The van der Waals surface area contributed by atoms with Crippen molar-refractivity contribution < 1.29 is 23.9 Å². The molecule has 1 fully saturated rings. The lowest BCUT2D eigenvalue weighted by Crippen LogP contribution is -2.47. The average Bonchev–Trinajstić information content (AvgIpc) is 3.18. The van der Waals surface area contributed by atoms with Gasteiger partial charge < -0.3 is 14.4 Å². The Balaban J connectivity index is 2.03. The highest BCUT2D eigenvalue weighted by molar-refractivity contribution is 7.20. The van der Waals surface area contributed by atoms with Crippen LogP contribution in [0.3, 0.4) is 0 Å². The van der Waals surface area contributed by atoms with Crippen molar-refractivity contribution in [3.8, 4) is 10.4 Å². The second-order valence-electron chi connectivity index (χ2n) is 8.66. The van der Waals surface area contributed by atoms with E-state index < -0.39 is 18.0 Å². The number of anilines is 1. The molecule has 0 unspecified atom stereocenters. The van der Waals surface area contributed by atoms with Gasteiger partial charge in [0.05, 0.1) is 18.6 Å². The van der Waals surface area contributed by atoms with Crippen LogP contribution < -0.4 is 4.90 Å². The van der Waals surface area contributed by atoms with E-state index in [1.165, 1.54) is 25.4 Å². The minimum Gasteiger partial charge on any atom is -0.465 e. The van der Waals surface area contributed by atoms with E-state index in [0.717, 1.165) is 16.9 Å². The van der Waals surface area contributed by atoms with Gasteiger partial charge in [-0.05, 0) is 50.7 Å². The highest BCUT2D eigenvalue weighted by atomic mass is 32.1. The molecule has 0 N–H and O–H groups in total. The standard InChI is InChI=1S/C25H31NO5S/c1-15(2)26(23(28)19-12-11-16(3)13-21(19)31-17(4)27)24-20(25(29)30-5)14-22(32-24)18-9-7-6-8-10-18/h6-10,14-16,19,21H,11-13H2,1-5H3/t16-,19-,21+/m1/s1. The maximum absolute atomic E-state index is 13.8. The molecule has 1 aliphatic rings. The number of carbonyl (C=O) groups excluding carboxylic acids is 3. The Morgan fingerprint density at radius 2 is 1.81 bits per heavy atom. The number of thiophene rings is 1. The lowest BCUT2D eigenvalue weighted by atomic mass is 9.79. The Bertz CT molecular complexity index is 968. The van der Waals surface area contributed by atoms with E-state index in [0.29, 0.717) is 29.3 Å². The number of esters is 2. The number of benzene rings is 1. The van der Waals surface area contributed by atoms with Gasteiger partial charge in [-0.2, -0.15) is 0 Å². The topological polar surface area (TPSA) is 72.9 Å². The van der Waals surface area contributed by atoms with Crippen molar-refractivity contribution in [2.45, 2.75) is 59.1 Å². The van der Waals surface area contributed by atoms with Gasteiger partial charge in [-0.3, -0.25) is 9.59 Å². The molecule has 0 saturated heterocycles. The summed E-state index contributed by atoms with van der Waals surface area (Å²) in [6, 6.07) is 11.3. The molecule has 2 aromatic rings. The van der Waals surface area contributed by atoms with Crippen LogP contribution in [-0.2, 0) is 19.1 Å². The summed E-state index contributed by atoms with van der Waals surface area (Å²) in [6.45, 7) is 7.33. The van der Waals surface area contributed by atoms with Gasteiger partial charge in [0, 0.05) is 17.8 Å². The summed E-state index contributed by atoms with van der Waals surface area (Å²) in [6.07, 6.45) is 1.74. The van der Waals surface area contributed by atoms with Crippen LogP contribution in [0.1, 0.15) is 57.3 Å². The Hall–Kier alpha value is -2.67. The molecular formula is C25H31NO5S. The quantitative estimate of drug-likeness (QED) is 0.550. The number of nitrogens with zero attached hydrogens (tertiary/aromatic N) is 1. The molecule has 0 radical (unpaired) electrons. The lowest BCUT2D eigenvalue weighted by molar-refractivity contribution is -0.154. The number of hydrogen-bond acceptors (Lipinski definition) is 6. The number of hydrogen-bond donors (Lipinski definition) is 0. The molecule has 3 atom stereocenters. The van der Waals surface area contributed by atoms with E-state index in [1.54, 1.807) is 11.0 Å². The fraction of sp³-hybridized carbons (Fsp3) is 0.480. The lowest BCUT2D eigenvalue weighted by Gasteiger charge is -2.37. The van der Waals surface area contributed by atoms with Crippen LogP contribution in [-0.4, -0.2) is 37.1 Å². The highest BCUT2D eigenvalue weighted by Crippen LogP contribution is 2.41. The van der Waals surface area contributed by atoms with Crippen LogP contribution in [0.4, 0.5) is 5.00 Å². The number of amides is 1. The zero-order valence-electron chi connectivity index (χ0n) is 19.3. The van der Waals surface area contributed by atoms with Gasteiger partial charge in [-0.15, -0.1) is 11.3 Å². The largest absolute Gasteiger partial charge is 0.465 e. The molecule has 1 aromatic heterocycles. The summed E-state index contributed by atoms with van der Waals surface area (Å²) in [5.41, 5.74) is 1.33. The summed E-state index contributed by atoms with van der Waals surface area (Å²) in [4.78, 5) is 40.7. The normalized spacial score (nSPS) is 20.6. The number of rotatable bonds is 6. The first-order chi connectivity index (χ1) is 15.2. The Kier molecular flexibility index (Phi) is 7.72. The van der Waals surface area contributed by atoms with Crippen LogP contribution in [0.25, 0.3) is 10.4 Å². The van der Waals surface area contributed by atoms with Gasteiger partial charge in [0.15, 0.2) is 0 Å². The van der Waals surface area contributed by atoms with E-state index >= 15 is 0 Å². The summed E-state index contributed by atoms with van der Waals surface area (Å²) >= 11 is 1.40. The maximum atomic E-state index is 13.8. The predicted octanol–water partition coefficient (Wildman–Crippen LogP) is 5.31. The van der Waals surface area contributed by atoms with E-state index in [9.17, 15) is 14.4 Å². The fourth-order valence-electron chi connectivity index (χ4n) is 4.28. The number of methoxy groups -OCH3 is 1. The van der Waals surface area contributed by atoms with E-state index in [2.05, 4.69) is 6.92 Å². The van der Waals surface area contributed by atoms with Crippen LogP contribution >= 0.6 is 11.3 Å². The molecule has 1 heterocycles. The molecule has 172 valence electrons. The third-order valence-electron chi connectivity index (χ3n) is 5.84. The van der Waals surface area contributed by atoms with Gasteiger partial charge >= 0.3 is 11.9 Å². The zero-order valence-corrected chi connectivity index (χ0v) is 20.1. The highest BCUT2D eigenvalue weighted by Gasteiger charge is 2.40. The molecule has 3 rings (SSSR count). The van der Waals surface area contributed by atoms with Crippen LogP contribution in [0, 0.1) is 11.8 Å². The van der Waals surface area contributed by atoms with Crippen molar-refractivity contribution in [3.05, 3.63) is 42.0 Å². The van der Waals surface area contributed by atoms with E-state index in [1.807, 2.05) is 44.2 Å². The van der Waals surface area contributed by atoms with Crippen molar-refractivity contribution in [1.82, 2.24) is 0 Å². The van der Waals surface area contributed by atoms with Crippen molar-refractivity contribution in [2.24, 2.45) is 11.8 Å². The SMILES string of the molecule is COC(=O)c1cc(-c2ccccc2)sc1N(C(=O)[C@@H]1CC[C@@H](C)C[C@@H]1OC(C)=O)C(C)C. The van der Waals surface area contributed by atoms with Crippen molar-refractivity contribution in [3.63, 3.8) is 0 Å². The minimum absolute atomic E-state index is 0.121. The van der Waals surface area contributed by atoms with Crippen molar-refractivity contribution in [1.29, 1.82) is 0 Å². The summed E-state index contributed by atoms with van der Waals surface area (Å²) in [7, 11) is 1.34. The molecule has 1 amide bonds. The van der Waals surface area contributed by atoms with Gasteiger partial charge in [0.2, 0.25) is 5.91 Å². The third-order valence-corrected chi connectivity index (χ3v) is 7.02. The molecule has 0 spiro atoms. The van der Waals surface area contributed by atoms with Gasteiger partial charge in [0.1, 0.15) is 11.1 Å². The monoisotopic (exact) mass is 457 g/mol. The maximum Gasteiger partial charge on any atom is 0.340 e. The Labute approximate surface area is 193 Å². The predicted molar refractivity (Wildman–Crippen MR) is 126 cm³/mol. The zero-order chi connectivity index (χ0) is 23.4. The Morgan fingerprint density at radius 1 is 1.12 bits per heavy atom. The third kappa shape index (κ3) is 5.21. The molecule has 6 nitrogen and oxygen atoms in total. The summed E-state index contributed by atoms with van der Waals surface area (Å²) in [5.74, 6) is -1.04. The van der Waals surface area contributed by atoms with Gasteiger partial charge in [-0.25, -0.2) is 4.79 Å². The van der Waals surface area contributed by atoms with Gasteiger partial charge in [-0.1, -0.05) is 37.3 Å². The number of carbonyl (C=O) groups is 3. The molecule has 0 bridgehead atoms. The second-order valence-corrected chi connectivity index (χ2v) is 9.69. The smallest absolute Gasteiger partial charge is 0.340 e. The summed E-state index contributed by atoms with van der Waals surface area (Å²) in [5, 5.41) is 0.566. The van der Waals surface area contributed by atoms with Gasteiger partial charge in [0.25, 0.3) is 0 Å². The minimum atomic E-state index is -0.481. The van der Waals surface area contributed by atoms with Crippen LogP contribution in [0.5, 0.6) is 0 Å². The second kappa shape index (κ2) is 10.3. The average molecular weight is 458 g/mol. The van der Waals surface area contributed by atoms with E-state index in [4.69, 9.17) is 9.47 Å². The molecule has 1 aromatic carbocycles.